The molecule has 140 valence electrons. The summed E-state index contributed by atoms with van der Waals surface area (Å²) in [6, 6.07) is 9.13. The number of nitrogens with one attached hydrogen (secondary N) is 2. The molecule has 4 aromatic rings. The van der Waals surface area contributed by atoms with Crippen LogP contribution in [0.1, 0.15) is 5.69 Å². The molecule has 1 aromatic carbocycles. The number of benzene rings is 1. The highest BCUT2D eigenvalue weighted by Gasteiger charge is 2.12. The van der Waals surface area contributed by atoms with Crippen molar-refractivity contribution in [2.75, 3.05) is 5.32 Å². The van der Waals surface area contributed by atoms with Gasteiger partial charge in [-0.1, -0.05) is 0 Å². The van der Waals surface area contributed by atoms with Crippen LogP contribution in [-0.4, -0.2) is 21.0 Å². The van der Waals surface area contributed by atoms with Gasteiger partial charge in [0.25, 0.3) is 0 Å². The lowest BCUT2D eigenvalue weighted by Crippen LogP contribution is -2.28. The Labute approximate surface area is 163 Å². The van der Waals surface area contributed by atoms with E-state index < -0.39 is 6.03 Å². The maximum atomic E-state index is 13.0. The van der Waals surface area contributed by atoms with E-state index in [2.05, 4.69) is 25.6 Å². The van der Waals surface area contributed by atoms with Crippen LogP contribution in [0.25, 0.3) is 22.7 Å². The second kappa shape index (κ2) is 7.97. The first-order chi connectivity index (χ1) is 13.7. The highest BCUT2D eigenvalue weighted by Crippen LogP contribution is 2.25. The first-order valence-corrected chi connectivity index (χ1v) is 9.17. The summed E-state index contributed by atoms with van der Waals surface area (Å²) in [6.07, 6.45) is 4.67. The van der Waals surface area contributed by atoms with Gasteiger partial charge in [0.05, 0.1) is 24.2 Å². The van der Waals surface area contributed by atoms with Crippen LogP contribution in [0.4, 0.5) is 14.3 Å². The van der Waals surface area contributed by atoms with E-state index in [-0.39, 0.29) is 12.4 Å². The van der Waals surface area contributed by atoms with Crippen molar-refractivity contribution in [2.24, 2.45) is 0 Å². The predicted octanol–water partition coefficient (Wildman–Crippen LogP) is 4.32. The summed E-state index contributed by atoms with van der Waals surface area (Å²) < 4.78 is 18.4. The summed E-state index contributed by atoms with van der Waals surface area (Å²) in [4.78, 5) is 25.1. The third-order valence-electron chi connectivity index (χ3n) is 3.81. The lowest BCUT2D eigenvalue weighted by atomic mass is 10.2. The molecule has 9 heteroatoms. The molecule has 0 bridgehead atoms. The van der Waals surface area contributed by atoms with E-state index in [1.807, 2.05) is 0 Å². The number of aromatic nitrogens is 3. The Morgan fingerprint density at radius 1 is 1.14 bits per heavy atom. The molecule has 0 radical (unpaired) electrons. The van der Waals surface area contributed by atoms with Crippen LogP contribution >= 0.6 is 11.3 Å². The number of nitrogens with zero attached hydrogens (tertiary/aromatic N) is 3. The predicted molar refractivity (Wildman–Crippen MR) is 103 cm³/mol. The minimum absolute atomic E-state index is 0.173. The summed E-state index contributed by atoms with van der Waals surface area (Å²) in [5.41, 5.74) is 2.59. The van der Waals surface area contributed by atoms with Crippen molar-refractivity contribution < 1.29 is 13.6 Å². The fourth-order valence-corrected chi connectivity index (χ4v) is 3.22. The molecule has 0 aliphatic carbocycles. The van der Waals surface area contributed by atoms with Gasteiger partial charge >= 0.3 is 6.03 Å². The smallest absolute Gasteiger partial charge is 0.321 e. The zero-order chi connectivity index (χ0) is 19.3. The first kappa shape index (κ1) is 17.8. The Kier molecular flexibility index (Phi) is 5.07. The van der Waals surface area contributed by atoms with Crippen molar-refractivity contribution in [3.05, 3.63) is 71.9 Å². The van der Waals surface area contributed by atoms with E-state index in [1.54, 1.807) is 48.3 Å². The molecule has 4 rings (SSSR count). The Balaban J connectivity index is 1.39. The Hall–Kier alpha value is -3.59. The molecule has 3 heterocycles. The third-order valence-corrected chi connectivity index (χ3v) is 4.57. The van der Waals surface area contributed by atoms with Gasteiger partial charge in [0.1, 0.15) is 11.5 Å². The Morgan fingerprint density at radius 3 is 2.75 bits per heavy atom. The summed E-state index contributed by atoms with van der Waals surface area (Å²) in [5, 5.41) is 7.63. The minimum Gasteiger partial charge on any atom is -0.463 e. The van der Waals surface area contributed by atoms with E-state index in [9.17, 15) is 9.18 Å². The third kappa shape index (κ3) is 4.04. The molecule has 0 fully saturated rings. The van der Waals surface area contributed by atoms with Crippen LogP contribution in [-0.2, 0) is 6.54 Å². The van der Waals surface area contributed by atoms with Crippen molar-refractivity contribution in [3.8, 4) is 22.7 Å². The molecule has 0 atom stereocenters. The molecule has 28 heavy (non-hydrogen) atoms. The monoisotopic (exact) mass is 395 g/mol. The van der Waals surface area contributed by atoms with Gasteiger partial charge in [-0.15, -0.1) is 11.3 Å². The van der Waals surface area contributed by atoms with Crippen molar-refractivity contribution >= 4 is 22.5 Å². The van der Waals surface area contributed by atoms with E-state index in [0.717, 1.165) is 5.56 Å². The fourth-order valence-electron chi connectivity index (χ4n) is 2.51. The molecule has 2 N–H and O–H groups in total. The molecule has 0 spiro atoms. The molecule has 0 aliphatic heterocycles. The van der Waals surface area contributed by atoms with Crippen LogP contribution in [0.3, 0.4) is 0 Å². The van der Waals surface area contributed by atoms with E-state index in [0.29, 0.717) is 28.0 Å². The van der Waals surface area contributed by atoms with Crippen molar-refractivity contribution in [1.82, 2.24) is 20.3 Å². The van der Waals surface area contributed by atoms with Gasteiger partial charge in [-0.25, -0.2) is 19.2 Å². The average Bonchev–Trinajstić information content (AvgIpc) is 3.39. The molecule has 0 saturated carbocycles. The Bertz CT molecular complexity index is 1080. The van der Waals surface area contributed by atoms with Crippen LogP contribution in [0.2, 0.25) is 0 Å². The second-order valence-corrected chi connectivity index (χ2v) is 6.54. The largest absolute Gasteiger partial charge is 0.463 e. The molecule has 2 amide bonds. The number of carbonyl (C=O) groups excluding carboxylic acids is 1. The van der Waals surface area contributed by atoms with Crippen LogP contribution in [0, 0.1) is 5.82 Å². The van der Waals surface area contributed by atoms with Gasteiger partial charge in [0, 0.05) is 23.3 Å². The zero-order valence-electron chi connectivity index (χ0n) is 14.4. The summed E-state index contributed by atoms with van der Waals surface area (Å²) >= 11 is 1.28. The van der Waals surface area contributed by atoms with E-state index in [4.69, 9.17) is 4.42 Å². The van der Waals surface area contributed by atoms with Crippen LogP contribution in [0.5, 0.6) is 0 Å². The fraction of sp³-hybridized carbons (Fsp3) is 0.0526. The summed E-state index contributed by atoms with van der Waals surface area (Å²) in [7, 11) is 0. The van der Waals surface area contributed by atoms with Crippen LogP contribution in [0.15, 0.2) is 64.9 Å². The van der Waals surface area contributed by atoms with Gasteiger partial charge in [-0.2, -0.15) is 0 Å². The summed E-state index contributed by atoms with van der Waals surface area (Å²) in [6.45, 7) is 0.173. The Morgan fingerprint density at radius 2 is 1.96 bits per heavy atom. The number of thiazole rings is 1. The maximum Gasteiger partial charge on any atom is 0.321 e. The van der Waals surface area contributed by atoms with Crippen molar-refractivity contribution in [3.63, 3.8) is 0 Å². The standard InChI is InChI=1S/C19H14FN5O2S/c20-13-5-3-12(4-6-13)15-11-28-19(24-15)25-18(26)23-10-14-17(22-8-7-21-14)16-2-1-9-27-16/h1-9,11H,10H2,(H2,23,24,25,26). The molecule has 0 saturated heterocycles. The SMILES string of the molecule is O=C(NCc1nccnc1-c1ccco1)Nc1nc(-c2ccc(F)cc2)cs1. The van der Waals surface area contributed by atoms with E-state index >= 15 is 0 Å². The second-order valence-electron chi connectivity index (χ2n) is 5.68. The zero-order valence-corrected chi connectivity index (χ0v) is 15.2. The molecule has 0 unspecified atom stereocenters. The molecule has 7 nitrogen and oxygen atoms in total. The van der Waals surface area contributed by atoms with E-state index in [1.165, 1.54) is 23.5 Å². The van der Waals surface area contributed by atoms with Gasteiger partial charge in [0.2, 0.25) is 0 Å². The lowest BCUT2D eigenvalue weighted by Gasteiger charge is -2.07. The number of anilines is 1. The number of urea groups is 1. The van der Waals surface area contributed by atoms with Gasteiger partial charge in [-0.3, -0.25) is 10.3 Å². The highest BCUT2D eigenvalue weighted by atomic mass is 32.1. The lowest BCUT2D eigenvalue weighted by molar-refractivity contribution is 0.251. The maximum absolute atomic E-state index is 13.0. The van der Waals surface area contributed by atoms with Gasteiger partial charge in [0.15, 0.2) is 10.9 Å². The quantitative estimate of drug-likeness (QED) is 0.525. The summed E-state index contributed by atoms with van der Waals surface area (Å²) in [5.74, 6) is 0.267. The molecular weight excluding hydrogens is 381 g/mol. The average molecular weight is 395 g/mol. The molecular formula is C19H14FN5O2S. The number of rotatable bonds is 5. The number of halogens is 1. The number of amides is 2. The number of hydrogen-bond donors (Lipinski definition) is 2. The number of hydrogen-bond acceptors (Lipinski definition) is 6. The highest BCUT2D eigenvalue weighted by molar-refractivity contribution is 7.14. The van der Waals surface area contributed by atoms with Crippen LogP contribution < -0.4 is 10.6 Å². The molecule has 3 aromatic heterocycles. The van der Waals surface area contributed by atoms with Crippen molar-refractivity contribution in [1.29, 1.82) is 0 Å². The number of furan rings is 1. The van der Waals surface area contributed by atoms with Gasteiger partial charge in [-0.05, 0) is 36.4 Å². The number of carbonyl (C=O) groups is 1. The van der Waals surface area contributed by atoms with Gasteiger partial charge < -0.3 is 9.73 Å². The topological polar surface area (TPSA) is 92.9 Å². The normalized spacial score (nSPS) is 10.6. The first-order valence-electron chi connectivity index (χ1n) is 8.29. The minimum atomic E-state index is -0.420. The van der Waals surface area contributed by atoms with Crippen molar-refractivity contribution in [2.45, 2.75) is 6.54 Å². The molecule has 0 aliphatic rings.